The minimum Gasteiger partial charge on any atom is -0.494 e. The van der Waals surface area contributed by atoms with E-state index >= 15 is 0 Å². The number of nitro groups is 1. The van der Waals surface area contributed by atoms with Gasteiger partial charge in [-0.25, -0.2) is 0 Å². The largest absolute Gasteiger partial charge is 0.494 e. The standard InChI is InChI=1S/C9H6N2O4/c12-7-4-5-2-1-3-6(11(14)15)8(5)9(13)10-7/h1-4H,(H2,10,12,13). The lowest BCUT2D eigenvalue weighted by Gasteiger charge is -2.00. The van der Waals surface area contributed by atoms with Crippen LogP contribution < -0.4 is 5.56 Å². The zero-order valence-corrected chi connectivity index (χ0v) is 7.43. The Morgan fingerprint density at radius 1 is 1.40 bits per heavy atom. The smallest absolute Gasteiger partial charge is 0.282 e. The van der Waals surface area contributed by atoms with Gasteiger partial charge in [0.25, 0.3) is 11.2 Å². The maximum atomic E-state index is 11.0. The van der Waals surface area contributed by atoms with Gasteiger partial charge < -0.3 is 5.11 Å². The highest BCUT2D eigenvalue weighted by atomic mass is 16.6. The number of pyridine rings is 1. The zero-order chi connectivity index (χ0) is 11.0. The molecule has 0 spiro atoms. The van der Waals surface area contributed by atoms with E-state index in [1.54, 1.807) is 0 Å². The van der Waals surface area contributed by atoms with Crippen molar-refractivity contribution in [3.63, 3.8) is 0 Å². The Hall–Kier alpha value is -2.37. The van der Waals surface area contributed by atoms with Crippen molar-refractivity contribution < 1.29 is 10.0 Å². The van der Waals surface area contributed by atoms with Gasteiger partial charge in [-0.2, -0.15) is 0 Å². The van der Waals surface area contributed by atoms with Crippen LogP contribution in [0.3, 0.4) is 0 Å². The van der Waals surface area contributed by atoms with Crippen molar-refractivity contribution in [2.24, 2.45) is 0 Å². The second kappa shape index (κ2) is 3.09. The number of aromatic hydroxyl groups is 1. The molecule has 0 radical (unpaired) electrons. The van der Waals surface area contributed by atoms with Gasteiger partial charge >= 0.3 is 0 Å². The fraction of sp³-hybridized carbons (Fsp3) is 0. The topological polar surface area (TPSA) is 96.2 Å². The van der Waals surface area contributed by atoms with Gasteiger partial charge in [-0.05, 0) is 5.39 Å². The number of nitro benzene ring substituents is 1. The molecule has 0 aliphatic heterocycles. The van der Waals surface area contributed by atoms with E-state index in [1.165, 1.54) is 24.3 Å². The molecule has 76 valence electrons. The molecule has 0 bridgehead atoms. The van der Waals surface area contributed by atoms with Crippen LogP contribution in [0.4, 0.5) is 5.69 Å². The Labute approximate surface area is 82.9 Å². The first kappa shape index (κ1) is 9.20. The summed E-state index contributed by atoms with van der Waals surface area (Å²) in [6.07, 6.45) is 0. The van der Waals surface area contributed by atoms with Crippen molar-refractivity contribution in [1.29, 1.82) is 0 Å². The molecule has 1 aromatic carbocycles. The number of nitrogens with one attached hydrogen (secondary N) is 1. The van der Waals surface area contributed by atoms with E-state index in [0.717, 1.165) is 0 Å². The average molecular weight is 206 g/mol. The summed E-state index contributed by atoms with van der Waals surface area (Å²) in [5, 5.41) is 20.5. The summed E-state index contributed by atoms with van der Waals surface area (Å²) in [4.78, 5) is 23.1. The fourth-order valence-electron chi connectivity index (χ4n) is 1.44. The molecule has 0 aliphatic carbocycles. The summed E-state index contributed by atoms with van der Waals surface area (Å²) in [5.41, 5.74) is -0.734. The summed E-state index contributed by atoms with van der Waals surface area (Å²) in [6.45, 7) is 0. The van der Waals surface area contributed by atoms with Crippen molar-refractivity contribution in [3.05, 3.63) is 44.7 Å². The highest BCUT2D eigenvalue weighted by Crippen LogP contribution is 2.29. The van der Waals surface area contributed by atoms with E-state index in [0.29, 0.717) is 5.39 Å². The van der Waals surface area contributed by atoms with Crippen molar-refractivity contribution in [1.82, 2.24) is 4.98 Å². The Bertz CT molecular complexity index is 603. The third-order valence-corrected chi connectivity index (χ3v) is 2.04. The number of H-pyrrole nitrogens is 1. The number of hydrogen-bond acceptors (Lipinski definition) is 4. The van der Waals surface area contributed by atoms with E-state index in [-0.39, 0.29) is 11.1 Å². The minimum absolute atomic E-state index is 0.0436. The third kappa shape index (κ3) is 1.41. The molecule has 2 rings (SSSR count). The molecule has 0 saturated carbocycles. The van der Waals surface area contributed by atoms with Gasteiger partial charge in [-0.15, -0.1) is 0 Å². The van der Waals surface area contributed by atoms with Crippen LogP contribution in [0.5, 0.6) is 5.88 Å². The lowest BCUT2D eigenvalue weighted by Crippen LogP contribution is -2.03. The summed E-state index contributed by atoms with van der Waals surface area (Å²) in [6, 6.07) is 5.44. The van der Waals surface area contributed by atoms with E-state index < -0.39 is 16.4 Å². The van der Waals surface area contributed by atoms with E-state index in [4.69, 9.17) is 0 Å². The van der Waals surface area contributed by atoms with Crippen LogP contribution in [0.25, 0.3) is 10.8 Å². The van der Waals surface area contributed by atoms with Crippen molar-refractivity contribution >= 4 is 16.5 Å². The number of non-ortho nitro benzene ring substituents is 1. The lowest BCUT2D eigenvalue weighted by atomic mass is 10.1. The molecule has 2 aromatic rings. The SMILES string of the molecule is O=c1cc2cccc([N+](=O)[O-])c2c(O)[nH]1. The van der Waals surface area contributed by atoms with Crippen molar-refractivity contribution in [2.45, 2.75) is 0 Å². The fourth-order valence-corrected chi connectivity index (χ4v) is 1.44. The molecule has 0 fully saturated rings. The van der Waals surface area contributed by atoms with E-state index in [1.807, 2.05) is 0 Å². The number of nitrogens with zero attached hydrogens (tertiary/aromatic N) is 1. The third-order valence-electron chi connectivity index (χ3n) is 2.04. The summed E-state index contributed by atoms with van der Waals surface area (Å²) < 4.78 is 0. The second-order valence-electron chi connectivity index (χ2n) is 2.98. The van der Waals surface area contributed by atoms with Crippen LogP contribution in [-0.2, 0) is 0 Å². The Morgan fingerprint density at radius 3 is 2.80 bits per heavy atom. The first-order chi connectivity index (χ1) is 7.09. The molecular formula is C9H6N2O4. The average Bonchev–Trinajstić information content (AvgIpc) is 2.16. The van der Waals surface area contributed by atoms with Gasteiger partial charge in [0, 0.05) is 12.1 Å². The Kier molecular flexibility index (Phi) is 1.89. The molecule has 15 heavy (non-hydrogen) atoms. The van der Waals surface area contributed by atoms with E-state index in [9.17, 15) is 20.0 Å². The van der Waals surface area contributed by atoms with Crippen LogP contribution >= 0.6 is 0 Å². The van der Waals surface area contributed by atoms with Crippen molar-refractivity contribution in [3.8, 4) is 5.88 Å². The number of fused-ring (bicyclic) bond motifs is 1. The first-order valence-corrected chi connectivity index (χ1v) is 4.09. The molecule has 0 saturated heterocycles. The molecular weight excluding hydrogens is 200 g/mol. The van der Waals surface area contributed by atoms with Gasteiger partial charge in [-0.1, -0.05) is 12.1 Å². The molecule has 0 aliphatic rings. The summed E-state index contributed by atoms with van der Waals surface area (Å²) in [7, 11) is 0. The zero-order valence-electron chi connectivity index (χ0n) is 7.43. The summed E-state index contributed by atoms with van der Waals surface area (Å²) >= 11 is 0. The molecule has 1 aromatic heterocycles. The molecule has 0 unspecified atom stereocenters. The quantitative estimate of drug-likeness (QED) is 0.540. The molecule has 0 amide bonds. The maximum Gasteiger partial charge on any atom is 0.282 e. The normalized spacial score (nSPS) is 10.4. The molecule has 6 heteroatoms. The number of benzene rings is 1. The van der Waals surface area contributed by atoms with E-state index in [2.05, 4.69) is 4.98 Å². The van der Waals surface area contributed by atoms with Crippen LogP contribution in [0.2, 0.25) is 0 Å². The van der Waals surface area contributed by atoms with Gasteiger partial charge in [0.15, 0.2) is 0 Å². The van der Waals surface area contributed by atoms with Gasteiger partial charge in [0.1, 0.15) is 5.39 Å². The Morgan fingerprint density at radius 2 is 2.13 bits per heavy atom. The number of rotatable bonds is 1. The second-order valence-corrected chi connectivity index (χ2v) is 2.98. The predicted molar refractivity (Wildman–Crippen MR) is 52.9 cm³/mol. The number of hydrogen-bond donors (Lipinski definition) is 2. The highest BCUT2D eigenvalue weighted by Gasteiger charge is 2.15. The number of aromatic amines is 1. The van der Waals surface area contributed by atoms with Crippen LogP contribution in [0.1, 0.15) is 0 Å². The van der Waals surface area contributed by atoms with Crippen LogP contribution in [0.15, 0.2) is 29.1 Å². The van der Waals surface area contributed by atoms with Gasteiger partial charge in [-0.3, -0.25) is 19.9 Å². The predicted octanol–water partition coefficient (Wildman–Crippen LogP) is 1.14. The first-order valence-electron chi connectivity index (χ1n) is 4.09. The molecule has 2 N–H and O–H groups in total. The Balaban J connectivity index is 2.97. The van der Waals surface area contributed by atoms with Crippen LogP contribution in [0, 0.1) is 10.1 Å². The lowest BCUT2D eigenvalue weighted by molar-refractivity contribution is -0.383. The molecule has 1 heterocycles. The summed E-state index contributed by atoms with van der Waals surface area (Å²) in [5.74, 6) is -0.482. The molecule has 0 atom stereocenters. The molecule has 6 nitrogen and oxygen atoms in total. The van der Waals surface area contributed by atoms with Gasteiger partial charge in [0.05, 0.1) is 4.92 Å². The number of aromatic nitrogens is 1. The van der Waals surface area contributed by atoms with Crippen LogP contribution in [-0.4, -0.2) is 15.0 Å². The monoisotopic (exact) mass is 206 g/mol. The highest BCUT2D eigenvalue weighted by molar-refractivity contribution is 5.94. The maximum absolute atomic E-state index is 11.0. The van der Waals surface area contributed by atoms with Crippen molar-refractivity contribution in [2.75, 3.05) is 0 Å². The minimum atomic E-state index is -0.611. The van der Waals surface area contributed by atoms with Gasteiger partial charge in [0.2, 0.25) is 5.88 Å².